The zero-order chi connectivity index (χ0) is 10.2. The van der Waals surface area contributed by atoms with Crippen LogP contribution in [0.1, 0.15) is 17.4 Å². The summed E-state index contributed by atoms with van der Waals surface area (Å²) in [6.45, 7) is 1.65. The molecule has 0 aliphatic rings. The highest BCUT2D eigenvalue weighted by Gasteiger charge is 2.06. The molecule has 0 fully saturated rings. The van der Waals surface area contributed by atoms with Crippen molar-refractivity contribution in [1.29, 1.82) is 0 Å². The number of hydrogen-bond donors (Lipinski definition) is 2. The van der Waals surface area contributed by atoms with Crippen LogP contribution >= 0.6 is 23.1 Å². The third kappa shape index (κ3) is 4.46. The van der Waals surface area contributed by atoms with E-state index in [1.165, 1.54) is 12.2 Å². The topological polar surface area (TPSA) is 32.3 Å². The molecule has 1 heterocycles. The average Bonchev–Trinajstić information content (AvgIpc) is 2.70. The fourth-order valence-corrected chi connectivity index (χ4v) is 2.31. The predicted molar refractivity (Wildman–Crippen MR) is 65.1 cm³/mol. The summed E-state index contributed by atoms with van der Waals surface area (Å²) in [6.07, 6.45) is 2.93. The first-order chi connectivity index (χ1) is 6.84. The van der Waals surface area contributed by atoms with Gasteiger partial charge in [-0.2, -0.15) is 11.8 Å². The van der Waals surface area contributed by atoms with Gasteiger partial charge in [0.15, 0.2) is 0 Å². The summed E-state index contributed by atoms with van der Waals surface area (Å²) < 4.78 is 0. The van der Waals surface area contributed by atoms with Crippen LogP contribution in [-0.2, 0) is 0 Å². The zero-order valence-corrected chi connectivity index (χ0v) is 10.0. The molecular formula is C10H17NOS2. The van der Waals surface area contributed by atoms with Crippen LogP contribution in [0.4, 0.5) is 0 Å². The summed E-state index contributed by atoms with van der Waals surface area (Å²) in [4.78, 5) is 1.04. The van der Waals surface area contributed by atoms with E-state index in [1.807, 2.05) is 29.3 Å². The van der Waals surface area contributed by atoms with Crippen molar-refractivity contribution >= 4 is 23.1 Å². The molecule has 0 aliphatic carbocycles. The van der Waals surface area contributed by atoms with Crippen LogP contribution in [0.2, 0.25) is 0 Å². The van der Waals surface area contributed by atoms with Gasteiger partial charge in [0.1, 0.15) is 6.10 Å². The monoisotopic (exact) mass is 231 g/mol. The van der Waals surface area contributed by atoms with Crippen molar-refractivity contribution in [3.05, 3.63) is 22.4 Å². The van der Waals surface area contributed by atoms with E-state index in [4.69, 9.17) is 0 Å². The van der Waals surface area contributed by atoms with Crippen LogP contribution in [0.15, 0.2) is 17.5 Å². The summed E-state index contributed by atoms with van der Waals surface area (Å²) in [7, 11) is 0. The van der Waals surface area contributed by atoms with E-state index in [-0.39, 0.29) is 6.10 Å². The van der Waals surface area contributed by atoms with Gasteiger partial charge >= 0.3 is 0 Å². The van der Waals surface area contributed by atoms with Gasteiger partial charge in [0, 0.05) is 11.4 Å². The molecule has 0 radical (unpaired) electrons. The second kappa shape index (κ2) is 7.29. The Morgan fingerprint density at radius 1 is 1.64 bits per heavy atom. The van der Waals surface area contributed by atoms with Crippen LogP contribution in [0.5, 0.6) is 0 Å². The minimum absolute atomic E-state index is 0.343. The van der Waals surface area contributed by atoms with Gasteiger partial charge in [-0.05, 0) is 36.4 Å². The highest BCUT2D eigenvalue weighted by molar-refractivity contribution is 7.98. The van der Waals surface area contributed by atoms with E-state index in [1.54, 1.807) is 11.3 Å². The lowest BCUT2D eigenvalue weighted by Crippen LogP contribution is -2.22. The van der Waals surface area contributed by atoms with E-state index in [9.17, 15) is 5.11 Å². The zero-order valence-electron chi connectivity index (χ0n) is 8.40. The van der Waals surface area contributed by atoms with Crippen LogP contribution in [0.25, 0.3) is 0 Å². The molecule has 14 heavy (non-hydrogen) atoms. The predicted octanol–water partition coefficient (Wildman–Crippen LogP) is 2.12. The van der Waals surface area contributed by atoms with Gasteiger partial charge in [0.25, 0.3) is 0 Å². The Morgan fingerprint density at radius 3 is 3.14 bits per heavy atom. The Balaban J connectivity index is 2.07. The van der Waals surface area contributed by atoms with Crippen molar-refractivity contribution in [2.45, 2.75) is 12.5 Å². The summed E-state index contributed by atoms with van der Waals surface area (Å²) in [5, 5.41) is 15.0. The van der Waals surface area contributed by atoms with Crippen LogP contribution in [0.3, 0.4) is 0 Å². The van der Waals surface area contributed by atoms with Crippen molar-refractivity contribution in [2.75, 3.05) is 25.1 Å². The van der Waals surface area contributed by atoms with Crippen LogP contribution < -0.4 is 5.32 Å². The molecule has 2 N–H and O–H groups in total. The second-order valence-corrected chi connectivity index (χ2v) is 5.05. The van der Waals surface area contributed by atoms with Gasteiger partial charge in [-0.1, -0.05) is 6.07 Å². The molecule has 1 unspecified atom stereocenters. The number of thioether (sulfide) groups is 1. The molecular weight excluding hydrogens is 214 g/mol. The van der Waals surface area contributed by atoms with Crippen molar-refractivity contribution in [2.24, 2.45) is 0 Å². The molecule has 1 rings (SSSR count). The van der Waals surface area contributed by atoms with E-state index >= 15 is 0 Å². The summed E-state index contributed by atoms with van der Waals surface area (Å²) >= 11 is 3.46. The van der Waals surface area contributed by atoms with Gasteiger partial charge in [0.05, 0.1) is 0 Å². The number of hydrogen-bond acceptors (Lipinski definition) is 4. The Morgan fingerprint density at radius 2 is 2.50 bits per heavy atom. The number of thiophene rings is 1. The Hall–Kier alpha value is -0.0300. The van der Waals surface area contributed by atoms with Crippen molar-refractivity contribution in [3.8, 4) is 0 Å². The smallest absolute Gasteiger partial charge is 0.101 e. The fourth-order valence-electron chi connectivity index (χ4n) is 1.16. The van der Waals surface area contributed by atoms with Crippen LogP contribution in [-0.4, -0.2) is 30.2 Å². The van der Waals surface area contributed by atoms with Gasteiger partial charge in [-0.3, -0.25) is 0 Å². The first kappa shape index (κ1) is 12.0. The number of aliphatic hydroxyl groups is 1. The number of nitrogens with one attached hydrogen (secondary N) is 1. The number of rotatable bonds is 7. The minimum atomic E-state index is -0.343. The van der Waals surface area contributed by atoms with Crippen molar-refractivity contribution < 1.29 is 5.11 Å². The lowest BCUT2D eigenvalue weighted by atomic mass is 10.3. The summed E-state index contributed by atoms with van der Waals surface area (Å²) in [6, 6.07) is 3.94. The molecule has 4 heteroatoms. The summed E-state index contributed by atoms with van der Waals surface area (Å²) in [5.41, 5.74) is 0. The molecule has 2 nitrogen and oxygen atoms in total. The largest absolute Gasteiger partial charge is 0.386 e. The first-order valence-electron chi connectivity index (χ1n) is 4.75. The Kier molecular flexibility index (Phi) is 6.27. The van der Waals surface area contributed by atoms with Crippen LogP contribution in [0, 0.1) is 0 Å². The second-order valence-electron chi connectivity index (χ2n) is 3.08. The number of aliphatic hydroxyl groups excluding tert-OH is 1. The molecule has 80 valence electrons. The van der Waals surface area contributed by atoms with Gasteiger partial charge in [0.2, 0.25) is 0 Å². The molecule has 0 saturated carbocycles. The SMILES string of the molecule is CSCCCNCC(O)c1cccs1. The van der Waals surface area contributed by atoms with Gasteiger partial charge in [-0.25, -0.2) is 0 Å². The lowest BCUT2D eigenvalue weighted by Gasteiger charge is -2.09. The quantitative estimate of drug-likeness (QED) is 0.705. The van der Waals surface area contributed by atoms with Crippen molar-refractivity contribution in [1.82, 2.24) is 5.32 Å². The third-order valence-corrected chi connectivity index (χ3v) is 3.58. The standard InChI is InChI=1S/C10H17NOS2/c1-13-6-3-5-11-8-9(12)10-4-2-7-14-10/h2,4,7,9,11-12H,3,5-6,8H2,1H3. The lowest BCUT2D eigenvalue weighted by molar-refractivity contribution is 0.179. The van der Waals surface area contributed by atoms with Gasteiger partial charge < -0.3 is 10.4 Å². The van der Waals surface area contributed by atoms with E-state index < -0.39 is 0 Å². The maximum atomic E-state index is 9.71. The first-order valence-corrected chi connectivity index (χ1v) is 7.03. The average molecular weight is 231 g/mol. The molecule has 0 aromatic carbocycles. The molecule has 0 bridgehead atoms. The van der Waals surface area contributed by atoms with E-state index in [0.29, 0.717) is 6.54 Å². The molecule has 0 aliphatic heterocycles. The summed E-state index contributed by atoms with van der Waals surface area (Å²) in [5.74, 6) is 1.18. The molecule has 0 saturated heterocycles. The highest BCUT2D eigenvalue weighted by Crippen LogP contribution is 2.17. The molecule has 1 aromatic rings. The van der Waals surface area contributed by atoms with E-state index in [0.717, 1.165) is 11.4 Å². The molecule has 0 amide bonds. The van der Waals surface area contributed by atoms with E-state index in [2.05, 4.69) is 11.6 Å². The Labute approximate surface area is 93.7 Å². The van der Waals surface area contributed by atoms with Gasteiger partial charge in [-0.15, -0.1) is 11.3 Å². The maximum absolute atomic E-state index is 9.71. The van der Waals surface area contributed by atoms with Crippen molar-refractivity contribution in [3.63, 3.8) is 0 Å². The third-order valence-electron chi connectivity index (χ3n) is 1.91. The Bertz CT molecular complexity index is 226. The molecule has 1 aromatic heterocycles. The minimum Gasteiger partial charge on any atom is -0.386 e. The fraction of sp³-hybridized carbons (Fsp3) is 0.600. The molecule has 1 atom stereocenters. The normalized spacial score (nSPS) is 13.0. The molecule has 0 spiro atoms. The maximum Gasteiger partial charge on any atom is 0.101 e. The highest BCUT2D eigenvalue weighted by atomic mass is 32.2.